The Bertz CT molecular complexity index is 1180. The molecule has 2 aromatic heterocycles. The van der Waals surface area contributed by atoms with E-state index in [0.717, 1.165) is 15.6 Å². The molecule has 4 rings (SSSR count). The van der Waals surface area contributed by atoms with Crippen LogP contribution in [0.15, 0.2) is 53.9 Å². The van der Waals surface area contributed by atoms with Crippen LogP contribution in [-0.4, -0.2) is 24.0 Å². The molecule has 0 saturated heterocycles. The zero-order valence-corrected chi connectivity index (χ0v) is 17.0. The van der Waals surface area contributed by atoms with Crippen LogP contribution in [-0.2, 0) is 4.74 Å². The number of esters is 1. The highest BCUT2D eigenvalue weighted by atomic mass is 35.5. The second kappa shape index (κ2) is 7.71. The summed E-state index contributed by atoms with van der Waals surface area (Å²) in [5, 5.41) is 6.45. The minimum atomic E-state index is -0.391. The number of halogens is 1. The number of carbonyl (C=O) groups excluding carboxylic acids is 2. The van der Waals surface area contributed by atoms with Crippen molar-refractivity contribution in [1.29, 1.82) is 0 Å². The van der Waals surface area contributed by atoms with E-state index in [-0.39, 0.29) is 5.91 Å². The number of fused-ring (bicyclic) bond motifs is 1. The number of thiophene rings is 1. The van der Waals surface area contributed by atoms with Crippen LogP contribution >= 0.6 is 34.3 Å². The predicted molar refractivity (Wildman–Crippen MR) is 114 cm³/mol. The van der Waals surface area contributed by atoms with E-state index in [2.05, 4.69) is 10.3 Å². The number of anilines is 1. The van der Waals surface area contributed by atoms with Crippen LogP contribution in [0.5, 0.6) is 0 Å². The lowest BCUT2D eigenvalue weighted by atomic mass is 10.1. The van der Waals surface area contributed by atoms with E-state index in [1.807, 2.05) is 29.6 Å². The molecular formula is C20H13ClN2O3S2. The fourth-order valence-electron chi connectivity index (χ4n) is 2.67. The maximum atomic E-state index is 12.6. The van der Waals surface area contributed by atoms with Crippen molar-refractivity contribution in [2.24, 2.45) is 0 Å². The second-order valence-corrected chi connectivity index (χ2v) is 8.09. The summed E-state index contributed by atoms with van der Waals surface area (Å²) in [4.78, 5) is 29.1. The number of nitrogens with one attached hydrogen (secondary N) is 1. The third kappa shape index (κ3) is 3.52. The Hall–Kier alpha value is -2.74. The van der Waals surface area contributed by atoms with Crippen LogP contribution in [0.4, 0.5) is 5.13 Å². The molecule has 0 radical (unpaired) electrons. The summed E-state index contributed by atoms with van der Waals surface area (Å²) in [6.45, 7) is 0. The summed E-state index contributed by atoms with van der Waals surface area (Å²) < 4.78 is 5.65. The van der Waals surface area contributed by atoms with Crippen molar-refractivity contribution in [2.75, 3.05) is 12.4 Å². The summed E-state index contributed by atoms with van der Waals surface area (Å²) in [6, 6.07) is 14.6. The van der Waals surface area contributed by atoms with Gasteiger partial charge in [0, 0.05) is 21.0 Å². The highest BCUT2D eigenvalue weighted by molar-refractivity contribution is 7.21. The Balaban J connectivity index is 1.53. The normalized spacial score (nSPS) is 10.8. The van der Waals surface area contributed by atoms with E-state index >= 15 is 0 Å². The number of amides is 1. The number of thiazole rings is 1. The summed E-state index contributed by atoms with van der Waals surface area (Å²) in [6.07, 6.45) is 0. The molecule has 0 aliphatic rings. The molecule has 0 unspecified atom stereocenters. The van der Waals surface area contributed by atoms with Gasteiger partial charge >= 0.3 is 5.97 Å². The number of aromatic nitrogens is 1. The maximum absolute atomic E-state index is 12.6. The molecule has 2 aromatic carbocycles. The Morgan fingerprint density at radius 2 is 1.86 bits per heavy atom. The van der Waals surface area contributed by atoms with E-state index in [4.69, 9.17) is 16.3 Å². The van der Waals surface area contributed by atoms with Gasteiger partial charge in [-0.2, -0.15) is 0 Å². The third-order valence-electron chi connectivity index (χ3n) is 4.07. The number of ether oxygens (including phenoxy) is 1. The Kier molecular flexibility index (Phi) is 5.13. The van der Waals surface area contributed by atoms with Gasteiger partial charge < -0.3 is 4.74 Å². The molecule has 4 aromatic rings. The summed E-state index contributed by atoms with van der Waals surface area (Å²) in [5.41, 5.74) is 2.01. The maximum Gasteiger partial charge on any atom is 0.337 e. The Labute approximate surface area is 173 Å². The van der Waals surface area contributed by atoms with Crippen molar-refractivity contribution >= 4 is 61.4 Å². The van der Waals surface area contributed by atoms with Crippen molar-refractivity contribution in [2.45, 2.75) is 0 Å². The van der Waals surface area contributed by atoms with Crippen molar-refractivity contribution in [3.63, 3.8) is 0 Å². The zero-order valence-electron chi connectivity index (χ0n) is 14.6. The van der Waals surface area contributed by atoms with E-state index < -0.39 is 5.97 Å². The average molecular weight is 429 g/mol. The smallest absolute Gasteiger partial charge is 0.337 e. The molecule has 0 saturated carbocycles. The second-order valence-electron chi connectivity index (χ2n) is 5.80. The number of rotatable bonds is 4. The molecule has 1 N–H and O–H groups in total. The molecule has 2 heterocycles. The number of hydrogen-bond donors (Lipinski definition) is 1. The first-order valence-electron chi connectivity index (χ1n) is 8.19. The van der Waals surface area contributed by atoms with Gasteiger partial charge in [-0.05, 0) is 18.2 Å². The first-order valence-corrected chi connectivity index (χ1v) is 10.3. The van der Waals surface area contributed by atoms with E-state index in [1.54, 1.807) is 24.3 Å². The number of hydrogen-bond acceptors (Lipinski definition) is 6. The SMILES string of the molecule is COC(=O)c1ccc(-c2csc(NC(=O)c3sc4ccccc4c3Cl)n2)cc1. The van der Waals surface area contributed by atoms with Crippen LogP contribution in [0.1, 0.15) is 20.0 Å². The minimum absolute atomic E-state index is 0.284. The van der Waals surface area contributed by atoms with Crippen molar-refractivity contribution in [3.8, 4) is 11.3 Å². The average Bonchev–Trinajstić information content (AvgIpc) is 3.32. The molecule has 0 bridgehead atoms. The fourth-order valence-corrected chi connectivity index (χ4v) is 4.80. The highest BCUT2D eigenvalue weighted by Crippen LogP contribution is 2.36. The molecule has 0 spiro atoms. The molecule has 28 heavy (non-hydrogen) atoms. The summed E-state index contributed by atoms with van der Waals surface area (Å²) in [5.74, 6) is -0.675. The van der Waals surface area contributed by atoms with Gasteiger partial charge in [0.25, 0.3) is 5.91 Å². The monoisotopic (exact) mass is 428 g/mol. The van der Waals surface area contributed by atoms with Gasteiger partial charge in [0.15, 0.2) is 5.13 Å². The van der Waals surface area contributed by atoms with Crippen LogP contribution in [0.2, 0.25) is 5.02 Å². The van der Waals surface area contributed by atoms with Gasteiger partial charge in [-0.3, -0.25) is 10.1 Å². The predicted octanol–water partition coefficient (Wildman–Crippen LogP) is 5.72. The first-order chi connectivity index (χ1) is 13.6. The van der Waals surface area contributed by atoms with Crippen molar-refractivity contribution in [1.82, 2.24) is 4.98 Å². The standard InChI is InChI=1S/C20H13ClN2O3S2/c1-26-19(25)12-8-6-11(7-9-12)14-10-27-20(22-14)23-18(24)17-16(21)13-4-2-3-5-15(13)28-17/h2-10H,1H3,(H,22,23,24). The number of methoxy groups -OCH3 is 1. The molecule has 5 nitrogen and oxygen atoms in total. The minimum Gasteiger partial charge on any atom is -0.465 e. The van der Waals surface area contributed by atoms with E-state index in [9.17, 15) is 9.59 Å². The van der Waals surface area contributed by atoms with Crippen molar-refractivity contribution < 1.29 is 14.3 Å². The summed E-state index contributed by atoms with van der Waals surface area (Å²) in [7, 11) is 1.34. The molecular weight excluding hydrogens is 416 g/mol. The Morgan fingerprint density at radius 1 is 1.11 bits per heavy atom. The number of benzene rings is 2. The van der Waals surface area contributed by atoms with Crippen molar-refractivity contribution in [3.05, 3.63) is 69.4 Å². The number of carbonyl (C=O) groups is 2. The lowest BCUT2D eigenvalue weighted by Gasteiger charge is -2.01. The highest BCUT2D eigenvalue weighted by Gasteiger charge is 2.18. The van der Waals surface area contributed by atoms with E-state index in [1.165, 1.54) is 29.8 Å². The Morgan fingerprint density at radius 3 is 2.57 bits per heavy atom. The topological polar surface area (TPSA) is 68.3 Å². The fraction of sp³-hybridized carbons (Fsp3) is 0.0500. The zero-order chi connectivity index (χ0) is 19.7. The van der Waals surface area contributed by atoms with Crippen LogP contribution in [0.3, 0.4) is 0 Å². The third-order valence-corrected chi connectivity index (χ3v) is 6.50. The van der Waals surface area contributed by atoms with Gasteiger partial charge in [0.2, 0.25) is 0 Å². The largest absolute Gasteiger partial charge is 0.465 e. The van der Waals surface area contributed by atoms with Gasteiger partial charge in [-0.25, -0.2) is 9.78 Å². The molecule has 8 heteroatoms. The lowest BCUT2D eigenvalue weighted by molar-refractivity contribution is 0.0600. The molecule has 0 fully saturated rings. The molecule has 140 valence electrons. The quantitative estimate of drug-likeness (QED) is 0.422. The van der Waals surface area contributed by atoms with Gasteiger partial charge in [0.1, 0.15) is 4.88 Å². The molecule has 0 aliphatic carbocycles. The molecule has 1 amide bonds. The van der Waals surface area contributed by atoms with Gasteiger partial charge in [-0.15, -0.1) is 22.7 Å². The summed E-state index contributed by atoms with van der Waals surface area (Å²) >= 11 is 9.04. The van der Waals surface area contributed by atoms with Crippen LogP contribution in [0, 0.1) is 0 Å². The van der Waals surface area contributed by atoms with Crippen LogP contribution in [0.25, 0.3) is 21.3 Å². The molecule has 0 aliphatic heterocycles. The van der Waals surface area contributed by atoms with Gasteiger partial charge in [0.05, 0.1) is 23.4 Å². The number of nitrogens with zero attached hydrogens (tertiary/aromatic N) is 1. The first kappa shape index (κ1) is 18.6. The molecule has 0 atom stereocenters. The van der Waals surface area contributed by atoms with Crippen LogP contribution < -0.4 is 5.32 Å². The lowest BCUT2D eigenvalue weighted by Crippen LogP contribution is -2.10. The van der Waals surface area contributed by atoms with Gasteiger partial charge in [-0.1, -0.05) is 41.9 Å². The van der Waals surface area contributed by atoms with E-state index in [0.29, 0.717) is 26.3 Å².